The molecule has 0 spiro atoms. The summed E-state index contributed by atoms with van der Waals surface area (Å²) >= 11 is 0. The quantitative estimate of drug-likeness (QED) is 0.784. The topological polar surface area (TPSA) is 66.5 Å². The molecule has 1 amide bonds. The molecule has 0 aliphatic heterocycles. The number of carbonyl (C=O) groups is 1. The fourth-order valence-corrected chi connectivity index (χ4v) is 2.87. The standard InChI is InChI=1S/C15H22F2N2O3S/c1-11(2)6-8-18-15(20)7-9-19(23(3,21)22)14-5-4-12(16)10-13(14)17/h4-5,10-11H,6-9H2,1-3H3,(H,18,20). The molecule has 1 rings (SSSR count). The van der Waals surface area contributed by atoms with Gasteiger partial charge in [-0.05, 0) is 24.5 Å². The van der Waals surface area contributed by atoms with Gasteiger partial charge in [-0.25, -0.2) is 17.2 Å². The van der Waals surface area contributed by atoms with Crippen molar-refractivity contribution in [1.82, 2.24) is 5.32 Å². The van der Waals surface area contributed by atoms with E-state index in [1.165, 1.54) is 0 Å². The molecule has 0 unspecified atom stereocenters. The molecule has 1 N–H and O–H groups in total. The van der Waals surface area contributed by atoms with Crippen molar-refractivity contribution in [2.45, 2.75) is 26.7 Å². The first-order valence-corrected chi connectivity index (χ1v) is 9.15. The van der Waals surface area contributed by atoms with E-state index in [2.05, 4.69) is 5.32 Å². The maximum absolute atomic E-state index is 13.8. The van der Waals surface area contributed by atoms with Crippen LogP contribution in [0.5, 0.6) is 0 Å². The van der Waals surface area contributed by atoms with Crippen LogP contribution in [0.2, 0.25) is 0 Å². The first-order valence-electron chi connectivity index (χ1n) is 7.30. The number of nitrogens with one attached hydrogen (secondary N) is 1. The zero-order valence-corrected chi connectivity index (χ0v) is 14.3. The predicted molar refractivity (Wildman–Crippen MR) is 85.6 cm³/mol. The molecule has 0 heterocycles. The van der Waals surface area contributed by atoms with Gasteiger partial charge < -0.3 is 5.32 Å². The summed E-state index contributed by atoms with van der Waals surface area (Å²) in [6, 6.07) is 2.62. The highest BCUT2D eigenvalue weighted by atomic mass is 32.2. The Hall–Kier alpha value is -1.70. The van der Waals surface area contributed by atoms with Gasteiger partial charge in [0, 0.05) is 25.6 Å². The number of amides is 1. The molecule has 5 nitrogen and oxygen atoms in total. The Labute approximate surface area is 135 Å². The van der Waals surface area contributed by atoms with Crippen LogP contribution in [-0.4, -0.2) is 33.7 Å². The molecule has 0 aromatic heterocycles. The van der Waals surface area contributed by atoms with Crippen molar-refractivity contribution in [2.75, 3.05) is 23.7 Å². The van der Waals surface area contributed by atoms with Gasteiger partial charge in [-0.15, -0.1) is 0 Å². The van der Waals surface area contributed by atoms with Crippen LogP contribution < -0.4 is 9.62 Å². The molecular formula is C15H22F2N2O3S. The van der Waals surface area contributed by atoms with Crippen molar-refractivity contribution in [3.63, 3.8) is 0 Å². The monoisotopic (exact) mass is 348 g/mol. The van der Waals surface area contributed by atoms with E-state index in [-0.39, 0.29) is 24.6 Å². The van der Waals surface area contributed by atoms with Gasteiger partial charge in [0.2, 0.25) is 15.9 Å². The minimum atomic E-state index is -3.79. The van der Waals surface area contributed by atoms with Gasteiger partial charge in [-0.3, -0.25) is 9.10 Å². The number of carbonyl (C=O) groups excluding carboxylic acids is 1. The molecule has 23 heavy (non-hydrogen) atoms. The summed E-state index contributed by atoms with van der Waals surface area (Å²) < 4.78 is 51.2. The van der Waals surface area contributed by atoms with Crippen molar-refractivity contribution in [3.05, 3.63) is 29.8 Å². The second-order valence-corrected chi connectivity index (χ2v) is 7.62. The van der Waals surface area contributed by atoms with Crippen molar-refractivity contribution in [2.24, 2.45) is 5.92 Å². The SMILES string of the molecule is CC(C)CCNC(=O)CCN(c1ccc(F)cc1F)S(C)(=O)=O. The summed E-state index contributed by atoms with van der Waals surface area (Å²) in [6.45, 7) is 4.33. The third-order valence-corrected chi connectivity index (χ3v) is 4.34. The second kappa shape index (κ2) is 8.24. The summed E-state index contributed by atoms with van der Waals surface area (Å²) in [4.78, 5) is 11.7. The highest BCUT2D eigenvalue weighted by molar-refractivity contribution is 7.92. The van der Waals surface area contributed by atoms with E-state index in [0.717, 1.165) is 29.1 Å². The van der Waals surface area contributed by atoms with Crippen LogP contribution in [0.4, 0.5) is 14.5 Å². The maximum Gasteiger partial charge on any atom is 0.232 e. The van der Waals surface area contributed by atoms with Crippen LogP contribution in [0.25, 0.3) is 0 Å². The molecule has 0 saturated heterocycles. The number of halogens is 2. The molecule has 0 atom stereocenters. The number of hydrogen-bond donors (Lipinski definition) is 1. The summed E-state index contributed by atoms with van der Waals surface area (Å²) in [5.74, 6) is -1.67. The minimum Gasteiger partial charge on any atom is -0.356 e. The first kappa shape index (κ1) is 19.3. The summed E-state index contributed by atoms with van der Waals surface area (Å²) in [6.07, 6.45) is 1.61. The first-order chi connectivity index (χ1) is 10.6. The fraction of sp³-hybridized carbons (Fsp3) is 0.533. The number of anilines is 1. The molecule has 130 valence electrons. The van der Waals surface area contributed by atoms with Crippen molar-refractivity contribution in [3.8, 4) is 0 Å². The van der Waals surface area contributed by atoms with Crippen LogP contribution in [0.3, 0.4) is 0 Å². The molecule has 1 aromatic carbocycles. The predicted octanol–water partition coefficient (Wildman–Crippen LogP) is 2.28. The zero-order valence-electron chi connectivity index (χ0n) is 13.5. The van der Waals surface area contributed by atoms with Gasteiger partial charge in [-0.2, -0.15) is 0 Å². The molecule has 8 heteroatoms. The Bertz CT molecular complexity index is 648. The van der Waals surface area contributed by atoms with Crippen molar-refractivity contribution >= 4 is 21.6 Å². The highest BCUT2D eigenvalue weighted by Gasteiger charge is 2.22. The van der Waals surface area contributed by atoms with E-state index in [0.29, 0.717) is 18.5 Å². The number of sulfonamides is 1. The summed E-state index contributed by atoms with van der Waals surface area (Å²) in [7, 11) is -3.79. The number of nitrogens with zero attached hydrogens (tertiary/aromatic N) is 1. The fourth-order valence-electron chi connectivity index (χ4n) is 1.94. The van der Waals surface area contributed by atoms with E-state index >= 15 is 0 Å². The zero-order chi connectivity index (χ0) is 17.6. The smallest absolute Gasteiger partial charge is 0.232 e. The second-order valence-electron chi connectivity index (χ2n) is 5.71. The Morgan fingerprint density at radius 3 is 2.48 bits per heavy atom. The van der Waals surface area contributed by atoms with Gasteiger partial charge in [0.1, 0.15) is 11.6 Å². The lowest BCUT2D eigenvalue weighted by Gasteiger charge is -2.22. The Balaban J connectivity index is 2.76. The highest BCUT2D eigenvalue weighted by Crippen LogP contribution is 2.22. The third kappa shape index (κ3) is 6.52. The molecule has 0 fully saturated rings. The number of rotatable bonds is 8. The van der Waals surface area contributed by atoms with Crippen LogP contribution >= 0.6 is 0 Å². The van der Waals surface area contributed by atoms with Crippen molar-refractivity contribution < 1.29 is 22.0 Å². The average Bonchev–Trinajstić information content (AvgIpc) is 2.39. The van der Waals surface area contributed by atoms with Gasteiger partial charge in [0.15, 0.2) is 0 Å². The van der Waals surface area contributed by atoms with E-state index in [1.54, 1.807) is 0 Å². The molecule has 0 radical (unpaired) electrons. The van der Waals surface area contributed by atoms with Crippen LogP contribution in [0.15, 0.2) is 18.2 Å². The summed E-state index contributed by atoms with van der Waals surface area (Å²) in [5, 5.41) is 2.68. The van der Waals surface area contributed by atoms with Gasteiger partial charge >= 0.3 is 0 Å². The molecule has 0 aliphatic carbocycles. The number of benzene rings is 1. The van der Waals surface area contributed by atoms with Gasteiger partial charge in [-0.1, -0.05) is 13.8 Å². The van der Waals surface area contributed by atoms with E-state index in [4.69, 9.17) is 0 Å². The molecule has 1 aromatic rings. The lowest BCUT2D eigenvalue weighted by molar-refractivity contribution is -0.120. The third-order valence-electron chi connectivity index (χ3n) is 3.16. The minimum absolute atomic E-state index is 0.109. The van der Waals surface area contributed by atoms with Crippen LogP contribution in [0, 0.1) is 17.6 Å². The Kier molecular flexibility index (Phi) is 6.93. The number of hydrogen-bond acceptors (Lipinski definition) is 3. The normalized spacial score (nSPS) is 11.6. The van der Waals surface area contributed by atoms with Gasteiger partial charge in [0.25, 0.3) is 0 Å². The Morgan fingerprint density at radius 1 is 1.30 bits per heavy atom. The summed E-state index contributed by atoms with van der Waals surface area (Å²) in [5.41, 5.74) is -0.274. The lowest BCUT2D eigenvalue weighted by Crippen LogP contribution is -2.35. The molecular weight excluding hydrogens is 326 g/mol. The maximum atomic E-state index is 13.8. The lowest BCUT2D eigenvalue weighted by atomic mass is 10.1. The largest absolute Gasteiger partial charge is 0.356 e. The van der Waals surface area contributed by atoms with E-state index < -0.39 is 21.7 Å². The van der Waals surface area contributed by atoms with Crippen LogP contribution in [-0.2, 0) is 14.8 Å². The molecule has 0 bridgehead atoms. The average molecular weight is 348 g/mol. The van der Waals surface area contributed by atoms with Crippen molar-refractivity contribution in [1.29, 1.82) is 0 Å². The Morgan fingerprint density at radius 2 is 1.96 bits per heavy atom. The molecule has 0 aliphatic rings. The van der Waals surface area contributed by atoms with Gasteiger partial charge in [0.05, 0.1) is 11.9 Å². The van der Waals surface area contributed by atoms with E-state index in [9.17, 15) is 22.0 Å². The van der Waals surface area contributed by atoms with E-state index in [1.807, 2.05) is 13.8 Å². The van der Waals surface area contributed by atoms with Crippen LogP contribution in [0.1, 0.15) is 26.7 Å². The molecule has 0 saturated carbocycles.